The molecule has 5 nitrogen and oxygen atoms in total. The highest BCUT2D eigenvalue weighted by atomic mass is 16.5. The smallest absolute Gasteiger partial charge is 0.339 e. The summed E-state index contributed by atoms with van der Waals surface area (Å²) >= 11 is 0. The van der Waals surface area contributed by atoms with Crippen LogP contribution in [0.5, 0.6) is 0 Å². The lowest BCUT2D eigenvalue weighted by molar-refractivity contribution is 0.0526. The summed E-state index contributed by atoms with van der Waals surface area (Å²) in [5.74, 6) is 0.699. The van der Waals surface area contributed by atoms with Gasteiger partial charge in [-0.05, 0) is 31.0 Å². The van der Waals surface area contributed by atoms with E-state index in [1.807, 2.05) is 12.3 Å². The van der Waals surface area contributed by atoms with Gasteiger partial charge in [0.2, 0.25) is 0 Å². The Hall–Kier alpha value is -2.17. The molecule has 0 N–H and O–H groups in total. The molecule has 0 aromatic carbocycles. The van der Waals surface area contributed by atoms with E-state index in [1.165, 1.54) is 6.20 Å². The van der Waals surface area contributed by atoms with Crippen molar-refractivity contribution in [1.82, 2.24) is 14.8 Å². The summed E-state index contributed by atoms with van der Waals surface area (Å²) in [7, 11) is 0. The molecule has 0 amide bonds. The van der Waals surface area contributed by atoms with Crippen LogP contribution in [0.4, 0.5) is 0 Å². The fourth-order valence-corrected chi connectivity index (χ4v) is 1.63. The zero-order chi connectivity index (χ0) is 13.8. The van der Waals surface area contributed by atoms with Gasteiger partial charge in [0, 0.05) is 12.4 Å². The minimum atomic E-state index is -0.357. The van der Waals surface area contributed by atoms with Crippen LogP contribution in [-0.4, -0.2) is 27.3 Å². The third-order valence-corrected chi connectivity index (χ3v) is 2.69. The number of hydrogen-bond donors (Lipinski definition) is 0. The Bertz CT molecular complexity index is 558. The third kappa shape index (κ3) is 2.99. The Morgan fingerprint density at radius 2 is 2.16 bits per heavy atom. The summed E-state index contributed by atoms with van der Waals surface area (Å²) in [6.07, 6.45) is 3.37. The van der Waals surface area contributed by atoms with Crippen LogP contribution in [0.3, 0.4) is 0 Å². The van der Waals surface area contributed by atoms with Crippen molar-refractivity contribution in [3.05, 3.63) is 41.9 Å². The van der Waals surface area contributed by atoms with Crippen LogP contribution in [0.1, 0.15) is 42.7 Å². The predicted molar refractivity (Wildman–Crippen MR) is 71.4 cm³/mol. The van der Waals surface area contributed by atoms with Crippen LogP contribution < -0.4 is 0 Å². The van der Waals surface area contributed by atoms with Gasteiger partial charge in [0.25, 0.3) is 0 Å². The Morgan fingerprint density at radius 1 is 1.37 bits per heavy atom. The molecule has 0 radical (unpaired) electrons. The third-order valence-electron chi connectivity index (χ3n) is 2.69. The van der Waals surface area contributed by atoms with Crippen molar-refractivity contribution >= 4 is 5.97 Å². The van der Waals surface area contributed by atoms with Gasteiger partial charge in [-0.1, -0.05) is 13.8 Å². The predicted octanol–water partition coefficient (Wildman–Crippen LogP) is 2.57. The van der Waals surface area contributed by atoms with Gasteiger partial charge < -0.3 is 4.74 Å². The van der Waals surface area contributed by atoms with E-state index in [0.29, 0.717) is 23.9 Å². The number of rotatable bonds is 4. The number of nitrogens with zero attached hydrogens (tertiary/aromatic N) is 3. The molecule has 0 bridgehead atoms. The molecular weight excluding hydrogens is 242 g/mol. The summed E-state index contributed by atoms with van der Waals surface area (Å²) in [4.78, 5) is 15.7. The Morgan fingerprint density at radius 3 is 2.68 bits per heavy atom. The summed E-state index contributed by atoms with van der Waals surface area (Å²) in [6.45, 7) is 6.31. The summed E-state index contributed by atoms with van der Waals surface area (Å²) < 4.78 is 6.61. The van der Waals surface area contributed by atoms with E-state index in [2.05, 4.69) is 23.9 Å². The molecule has 2 rings (SSSR count). The van der Waals surface area contributed by atoms with Crippen molar-refractivity contribution in [1.29, 1.82) is 0 Å². The van der Waals surface area contributed by atoms with Crippen LogP contribution in [0, 0.1) is 0 Å². The van der Waals surface area contributed by atoms with Crippen LogP contribution in [0.15, 0.2) is 30.6 Å². The molecule has 0 unspecified atom stereocenters. The SMILES string of the molecule is CCOC(=O)c1ccc(-n2ccc(C(C)C)n2)nc1. The minimum absolute atomic E-state index is 0.357. The average molecular weight is 259 g/mol. The van der Waals surface area contributed by atoms with Crippen molar-refractivity contribution < 1.29 is 9.53 Å². The zero-order valence-corrected chi connectivity index (χ0v) is 11.3. The lowest BCUT2D eigenvalue weighted by atomic mass is 10.1. The van der Waals surface area contributed by atoms with Gasteiger partial charge in [0.15, 0.2) is 5.82 Å². The molecule has 0 fully saturated rings. The second-order valence-corrected chi connectivity index (χ2v) is 4.47. The number of aromatic nitrogens is 3. The topological polar surface area (TPSA) is 57.0 Å². The molecule has 5 heteroatoms. The van der Waals surface area contributed by atoms with Gasteiger partial charge in [-0.3, -0.25) is 0 Å². The molecule has 0 saturated carbocycles. The molecule has 0 aliphatic heterocycles. The van der Waals surface area contributed by atoms with Gasteiger partial charge in [0.05, 0.1) is 17.9 Å². The molecule has 0 aliphatic carbocycles. The number of hydrogen-bond acceptors (Lipinski definition) is 4. The molecule has 0 spiro atoms. The van der Waals surface area contributed by atoms with E-state index in [4.69, 9.17) is 4.74 Å². The fraction of sp³-hybridized carbons (Fsp3) is 0.357. The van der Waals surface area contributed by atoms with Crippen molar-refractivity contribution in [2.75, 3.05) is 6.61 Å². The first-order valence-corrected chi connectivity index (χ1v) is 6.31. The van der Waals surface area contributed by atoms with Gasteiger partial charge in [-0.2, -0.15) is 5.10 Å². The molecule has 0 aliphatic rings. The summed E-state index contributed by atoms with van der Waals surface area (Å²) in [5.41, 5.74) is 1.46. The molecular formula is C14H17N3O2. The molecule has 0 saturated heterocycles. The lowest BCUT2D eigenvalue weighted by Crippen LogP contribution is -2.06. The number of pyridine rings is 1. The van der Waals surface area contributed by atoms with E-state index in [0.717, 1.165) is 5.69 Å². The van der Waals surface area contributed by atoms with Crippen molar-refractivity contribution in [3.8, 4) is 5.82 Å². The van der Waals surface area contributed by atoms with Gasteiger partial charge in [-0.15, -0.1) is 0 Å². The minimum Gasteiger partial charge on any atom is -0.462 e. The normalized spacial score (nSPS) is 10.7. The molecule has 100 valence electrons. The van der Waals surface area contributed by atoms with Crippen molar-refractivity contribution in [2.45, 2.75) is 26.7 Å². The number of carbonyl (C=O) groups excluding carboxylic acids is 1. The van der Waals surface area contributed by atoms with Crippen molar-refractivity contribution in [2.24, 2.45) is 0 Å². The standard InChI is InChI=1S/C14H17N3O2/c1-4-19-14(18)11-5-6-13(15-9-11)17-8-7-12(16-17)10(2)3/h5-10H,4H2,1-3H3. The Labute approximate surface area is 112 Å². The summed E-state index contributed by atoms with van der Waals surface area (Å²) in [5, 5.41) is 4.43. The number of esters is 1. The quantitative estimate of drug-likeness (QED) is 0.792. The number of carbonyl (C=O) groups is 1. The maximum absolute atomic E-state index is 11.5. The van der Waals surface area contributed by atoms with Crippen molar-refractivity contribution in [3.63, 3.8) is 0 Å². The van der Waals surface area contributed by atoms with Gasteiger partial charge in [0.1, 0.15) is 0 Å². The van der Waals surface area contributed by atoms with Crippen LogP contribution in [0.25, 0.3) is 5.82 Å². The number of ether oxygens (including phenoxy) is 1. The van der Waals surface area contributed by atoms with E-state index in [1.54, 1.807) is 23.7 Å². The highest BCUT2D eigenvalue weighted by Gasteiger charge is 2.09. The van der Waals surface area contributed by atoms with E-state index < -0.39 is 0 Å². The fourth-order valence-electron chi connectivity index (χ4n) is 1.63. The van der Waals surface area contributed by atoms with Crippen LogP contribution >= 0.6 is 0 Å². The molecule has 0 atom stereocenters. The van der Waals surface area contributed by atoms with Crippen LogP contribution in [-0.2, 0) is 4.74 Å². The van der Waals surface area contributed by atoms with E-state index in [-0.39, 0.29) is 5.97 Å². The zero-order valence-electron chi connectivity index (χ0n) is 11.3. The molecule has 2 aromatic heterocycles. The van der Waals surface area contributed by atoms with E-state index in [9.17, 15) is 4.79 Å². The maximum atomic E-state index is 11.5. The van der Waals surface area contributed by atoms with Gasteiger partial charge in [-0.25, -0.2) is 14.5 Å². The maximum Gasteiger partial charge on any atom is 0.339 e. The first-order chi connectivity index (χ1) is 9.11. The highest BCUT2D eigenvalue weighted by Crippen LogP contribution is 2.13. The van der Waals surface area contributed by atoms with E-state index >= 15 is 0 Å². The highest BCUT2D eigenvalue weighted by molar-refractivity contribution is 5.89. The lowest BCUT2D eigenvalue weighted by Gasteiger charge is -2.04. The summed E-state index contributed by atoms with van der Waals surface area (Å²) in [6, 6.07) is 5.41. The first-order valence-electron chi connectivity index (χ1n) is 6.31. The molecule has 2 heterocycles. The Balaban J connectivity index is 2.19. The second-order valence-electron chi connectivity index (χ2n) is 4.47. The molecule has 2 aromatic rings. The van der Waals surface area contributed by atoms with Crippen LogP contribution in [0.2, 0.25) is 0 Å². The Kier molecular flexibility index (Phi) is 3.94. The largest absolute Gasteiger partial charge is 0.462 e. The second kappa shape index (κ2) is 5.65. The first kappa shape index (κ1) is 13.3. The average Bonchev–Trinajstić information content (AvgIpc) is 2.89. The van der Waals surface area contributed by atoms with Gasteiger partial charge >= 0.3 is 5.97 Å². The monoisotopic (exact) mass is 259 g/mol. The molecule has 19 heavy (non-hydrogen) atoms.